The van der Waals surface area contributed by atoms with Gasteiger partial charge in [-0.05, 0) is 69.6 Å². The summed E-state index contributed by atoms with van der Waals surface area (Å²) in [5.74, 6) is 1.16. The highest BCUT2D eigenvalue weighted by molar-refractivity contribution is 14.1. The number of rotatable bonds is 2. The molecule has 1 aromatic heterocycles. The van der Waals surface area contributed by atoms with Gasteiger partial charge in [-0.2, -0.15) is 0 Å². The lowest BCUT2D eigenvalue weighted by atomic mass is 10.0. The molecule has 1 saturated carbocycles. The highest BCUT2D eigenvalue weighted by Gasteiger charge is 2.24. The predicted octanol–water partition coefficient (Wildman–Crippen LogP) is 6.48. The van der Waals surface area contributed by atoms with Gasteiger partial charge in [-0.15, -0.1) is 0 Å². The highest BCUT2D eigenvalue weighted by Crippen LogP contribution is 2.38. The Kier molecular flexibility index (Phi) is 5.08. The fourth-order valence-electron chi connectivity index (χ4n) is 2.70. The molecule has 1 aliphatic carbocycles. The van der Waals surface area contributed by atoms with E-state index in [0.717, 1.165) is 19.3 Å². The van der Waals surface area contributed by atoms with Gasteiger partial charge in [0.1, 0.15) is 5.15 Å². The molecule has 1 heterocycles. The van der Waals surface area contributed by atoms with Crippen LogP contribution in [0.2, 0.25) is 10.2 Å². The van der Waals surface area contributed by atoms with Crippen LogP contribution < -0.4 is 0 Å². The molecule has 0 amide bonds. The molecule has 6 heteroatoms. The van der Waals surface area contributed by atoms with Crippen molar-refractivity contribution in [2.75, 3.05) is 0 Å². The van der Waals surface area contributed by atoms with Gasteiger partial charge < -0.3 is 0 Å². The van der Waals surface area contributed by atoms with Gasteiger partial charge in [0.05, 0.1) is 9.26 Å². The maximum atomic E-state index is 6.33. The van der Waals surface area contributed by atoms with Gasteiger partial charge in [0.15, 0.2) is 5.82 Å². The standard InChI is InChI=1S/C15H12BrCl2IN2/c16-11-7-9(17)5-6-10(11)15-20-13(8-3-1-2-4-8)12(19)14(18)21-15/h5-8H,1-4H2. The summed E-state index contributed by atoms with van der Waals surface area (Å²) in [5, 5.41) is 1.21. The minimum Gasteiger partial charge on any atom is -0.232 e. The van der Waals surface area contributed by atoms with Crippen molar-refractivity contribution < 1.29 is 0 Å². The summed E-state index contributed by atoms with van der Waals surface area (Å²) in [6.45, 7) is 0. The molecule has 0 unspecified atom stereocenters. The minimum atomic E-state index is 0.502. The molecule has 0 atom stereocenters. The molecule has 0 aliphatic heterocycles. The zero-order valence-corrected chi connectivity index (χ0v) is 16.3. The monoisotopic (exact) mass is 496 g/mol. The summed E-state index contributed by atoms with van der Waals surface area (Å²) in [6, 6.07) is 5.61. The molecular formula is C15H12BrCl2IN2. The molecule has 2 aromatic rings. The van der Waals surface area contributed by atoms with Crippen LogP contribution in [0.25, 0.3) is 11.4 Å². The van der Waals surface area contributed by atoms with Crippen molar-refractivity contribution in [1.29, 1.82) is 0 Å². The third-order valence-electron chi connectivity index (χ3n) is 3.75. The van der Waals surface area contributed by atoms with Crippen LogP contribution in [0.15, 0.2) is 22.7 Å². The maximum Gasteiger partial charge on any atom is 0.162 e. The van der Waals surface area contributed by atoms with E-state index in [0.29, 0.717) is 21.9 Å². The van der Waals surface area contributed by atoms with Gasteiger partial charge in [0.25, 0.3) is 0 Å². The van der Waals surface area contributed by atoms with Crippen LogP contribution in [0, 0.1) is 3.57 Å². The third kappa shape index (κ3) is 3.38. The molecule has 3 rings (SSSR count). The average Bonchev–Trinajstić information content (AvgIpc) is 2.96. The van der Waals surface area contributed by atoms with Gasteiger partial charge in [-0.3, -0.25) is 0 Å². The number of hydrogen-bond acceptors (Lipinski definition) is 2. The molecule has 0 N–H and O–H groups in total. The Morgan fingerprint density at radius 3 is 2.52 bits per heavy atom. The van der Waals surface area contributed by atoms with Gasteiger partial charge in [0, 0.05) is 21.0 Å². The van der Waals surface area contributed by atoms with Crippen molar-refractivity contribution in [1.82, 2.24) is 9.97 Å². The zero-order chi connectivity index (χ0) is 15.0. The Morgan fingerprint density at radius 1 is 1.14 bits per heavy atom. The number of hydrogen-bond donors (Lipinski definition) is 0. The summed E-state index contributed by atoms with van der Waals surface area (Å²) >= 11 is 18.1. The van der Waals surface area contributed by atoms with E-state index < -0.39 is 0 Å². The highest BCUT2D eigenvalue weighted by atomic mass is 127. The van der Waals surface area contributed by atoms with Crippen molar-refractivity contribution in [2.24, 2.45) is 0 Å². The molecule has 1 aromatic carbocycles. The summed E-state index contributed by atoms with van der Waals surface area (Å²) in [6.07, 6.45) is 4.90. The minimum absolute atomic E-state index is 0.502. The van der Waals surface area contributed by atoms with Gasteiger partial charge in [-0.1, -0.05) is 36.0 Å². The Morgan fingerprint density at radius 2 is 1.86 bits per heavy atom. The van der Waals surface area contributed by atoms with Crippen molar-refractivity contribution >= 4 is 61.7 Å². The largest absolute Gasteiger partial charge is 0.232 e. The van der Waals surface area contributed by atoms with Crippen LogP contribution in [0.1, 0.15) is 37.3 Å². The van der Waals surface area contributed by atoms with E-state index in [2.05, 4.69) is 43.5 Å². The van der Waals surface area contributed by atoms with Crippen LogP contribution >= 0.6 is 61.7 Å². The number of nitrogens with zero attached hydrogens (tertiary/aromatic N) is 2. The van der Waals surface area contributed by atoms with Crippen molar-refractivity contribution in [3.05, 3.63) is 42.1 Å². The topological polar surface area (TPSA) is 25.8 Å². The number of benzene rings is 1. The zero-order valence-electron chi connectivity index (χ0n) is 11.0. The third-order valence-corrected chi connectivity index (χ3v) is 6.30. The molecule has 21 heavy (non-hydrogen) atoms. The van der Waals surface area contributed by atoms with Crippen LogP contribution in [0.4, 0.5) is 0 Å². The molecule has 2 nitrogen and oxygen atoms in total. The molecular weight excluding hydrogens is 486 g/mol. The average molecular weight is 498 g/mol. The maximum absolute atomic E-state index is 6.33. The van der Waals surface area contributed by atoms with Gasteiger partial charge in [0.2, 0.25) is 0 Å². The van der Waals surface area contributed by atoms with E-state index in [9.17, 15) is 0 Å². The normalized spacial score (nSPS) is 15.6. The van der Waals surface area contributed by atoms with E-state index in [4.69, 9.17) is 28.2 Å². The second kappa shape index (κ2) is 6.69. The summed E-state index contributed by atoms with van der Waals surface area (Å²) in [4.78, 5) is 9.24. The van der Waals surface area contributed by atoms with E-state index >= 15 is 0 Å². The molecule has 0 saturated heterocycles. The van der Waals surface area contributed by atoms with E-state index in [1.165, 1.54) is 25.7 Å². The molecule has 0 spiro atoms. The van der Waals surface area contributed by atoms with Gasteiger partial charge >= 0.3 is 0 Å². The molecule has 1 fully saturated rings. The lowest BCUT2D eigenvalue weighted by molar-refractivity contribution is 0.690. The lowest BCUT2D eigenvalue weighted by Gasteiger charge is -2.14. The first-order chi connectivity index (χ1) is 10.1. The Hall–Kier alpha value is 0.0900. The first-order valence-electron chi connectivity index (χ1n) is 6.74. The lowest BCUT2D eigenvalue weighted by Crippen LogP contribution is -2.05. The predicted molar refractivity (Wildman–Crippen MR) is 99.1 cm³/mol. The fraction of sp³-hybridized carbons (Fsp3) is 0.333. The first kappa shape index (κ1) is 16.0. The van der Waals surface area contributed by atoms with Crippen LogP contribution in [-0.2, 0) is 0 Å². The van der Waals surface area contributed by atoms with Crippen LogP contribution in [0.3, 0.4) is 0 Å². The SMILES string of the molecule is Clc1ccc(-c2nc(Cl)c(I)c(C3CCCC3)n2)c(Br)c1. The summed E-state index contributed by atoms with van der Waals surface area (Å²) in [7, 11) is 0. The Labute approximate surface area is 155 Å². The van der Waals surface area contributed by atoms with Crippen molar-refractivity contribution in [3.63, 3.8) is 0 Å². The number of halogens is 4. The quantitative estimate of drug-likeness (QED) is 0.351. The van der Waals surface area contributed by atoms with Gasteiger partial charge in [-0.25, -0.2) is 9.97 Å². The smallest absolute Gasteiger partial charge is 0.162 e. The fourth-order valence-corrected chi connectivity index (χ4v) is 4.42. The summed E-state index contributed by atoms with van der Waals surface area (Å²) in [5.41, 5.74) is 2.00. The Bertz CT molecular complexity index is 688. The number of aromatic nitrogens is 2. The Balaban J connectivity index is 2.10. The molecule has 0 bridgehead atoms. The van der Waals surface area contributed by atoms with Crippen LogP contribution in [0.5, 0.6) is 0 Å². The van der Waals surface area contributed by atoms with Crippen molar-refractivity contribution in [3.8, 4) is 11.4 Å². The van der Waals surface area contributed by atoms with E-state index in [1.807, 2.05) is 18.2 Å². The second-order valence-corrected chi connectivity index (χ2v) is 7.87. The van der Waals surface area contributed by atoms with E-state index in [1.54, 1.807) is 0 Å². The molecule has 0 radical (unpaired) electrons. The second-order valence-electron chi connectivity index (χ2n) is 5.14. The summed E-state index contributed by atoms with van der Waals surface area (Å²) < 4.78 is 1.86. The van der Waals surface area contributed by atoms with Crippen molar-refractivity contribution in [2.45, 2.75) is 31.6 Å². The molecule has 110 valence electrons. The van der Waals surface area contributed by atoms with E-state index in [-0.39, 0.29) is 0 Å². The van der Waals surface area contributed by atoms with Crippen LogP contribution in [-0.4, -0.2) is 9.97 Å². The molecule has 1 aliphatic rings. The first-order valence-corrected chi connectivity index (χ1v) is 9.37.